The first-order valence-corrected chi connectivity index (χ1v) is 7.18. The third kappa shape index (κ3) is 3.29. The normalized spacial score (nSPS) is 10.6. The lowest BCUT2D eigenvalue weighted by molar-refractivity contribution is 0.415. The lowest BCUT2D eigenvalue weighted by atomic mass is 10.1. The maximum atomic E-state index is 5.88. The number of benzene rings is 3. The number of nitrogens with one attached hydrogen (secondary N) is 1. The van der Waals surface area contributed by atoms with Gasteiger partial charge in [0.15, 0.2) is 0 Å². The molecule has 0 aliphatic carbocycles. The molecule has 106 valence electrons. The van der Waals surface area contributed by atoms with E-state index in [4.69, 9.17) is 16.3 Å². The zero-order valence-corrected chi connectivity index (χ0v) is 12.5. The minimum Gasteiger partial charge on any atom is -0.497 e. The molecular weight excluding hydrogens is 282 g/mol. The van der Waals surface area contributed by atoms with E-state index in [0.717, 1.165) is 23.0 Å². The summed E-state index contributed by atoms with van der Waals surface area (Å²) in [6.45, 7) is 0.781. The van der Waals surface area contributed by atoms with Gasteiger partial charge in [0.2, 0.25) is 0 Å². The van der Waals surface area contributed by atoms with Gasteiger partial charge in [0.1, 0.15) is 5.75 Å². The molecular formula is C18H16ClNO. The van der Waals surface area contributed by atoms with E-state index in [9.17, 15) is 0 Å². The molecule has 0 aliphatic rings. The first-order valence-electron chi connectivity index (χ1n) is 6.81. The molecule has 0 saturated heterocycles. The van der Waals surface area contributed by atoms with Crippen LogP contribution in [0.5, 0.6) is 5.75 Å². The first-order chi connectivity index (χ1) is 10.2. The van der Waals surface area contributed by atoms with Gasteiger partial charge in [-0.1, -0.05) is 29.8 Å². The van der Waals surface area contributed by atoms with Crippen molar-refractivity contribution in [1.29, 1.82) is 0 Å². The molecule has 0 heterocycles. The lowest BCUT2D eigenvalue weighted by Gasteiger charge is -2.08. The zero-order valence-electron chi connectivity index (χ0n) is 11.8. The Labute approximate surface area is 129 Å². The fourth-order valence-corrected chi connectivity index (χ4v) is 2.41. The van der Waals surface area contributed by atoms with E-state index in [1.807, 2.05) is 36.4 Å². The molecule has 3 rings (SSSR count). The van der Waals surface area contributed by atoms with Gasteiger partial charge in [0.05, 0.1) is 7.11 Å². The summed E-state index contributed by atoms with van der Waals surface area (Å²) < 4.78 is 5.24. The van der Waals surface area contributed by atoms with Crippen LogP contribution in [0.15, 0.2) is 60.7 Å². The van der Waals surface area contributed by atoms with Crippen molar-refractivity contribution >= 4 is 28.1 Å². The molecule has 0 spiro atoms. The van der Waals surface area contributed by atoms with Crippen LogP contribution in [0.1, 0.15) is 5.56 Å². The minimum absolute atomic E-state index is 0.750. The number of hydrogen-bond acceptors (Lipinski definition) is 2. The van der Waals surface area contributed by atoms with Crippen LogP contribution < -0.4 is 10.1 Å². The van der Waals surface area contributed by atoms with Gasteiger partial charge < -0.3 is 10.1 Å². The van der Waals surface area contributed by atoms with Crippen molar-refractivity contribution in [2.45, 2.75) is 6.54 Å². The molecule has 3 heteroatoms. The van der Waals surface area contributed by atoms with Crippen LogP contribution >= 0.6 is 11.6 Å². The highest BCUT2D eigenvalue weighted by atomic mass is 35.5. The zero-order chi connectivity index (χ0) is 14.7. The smallest absolute Gasteiger partial charge is 0.119 e. The van der Waals surface area contributed by atoms with E-state index in [1.165, 1.54) is 16.3 Å². The molecule has 0 aliphatic heterocycles. The van der Waals surface area contributed by atoms with Gasteiger partial charge in [-0.2, -0.15) is 0 Å². The topological polar surface area (TPSA) is 21.3 Å². The second kappa shape index (κ2) is 6.06. The van der Waals surface area contributed by atoms with E-state index in [-0.39, 0.29) is 0 Å². The van der Waals surface area contributed by atoms with E-state index < -0.39 is 0 Å². The fourth-order valence-electron chi connectivity index (χ4n) is 2.28. The summed E-state index contributed by atoms with van der Waals surface area (Å²) in [6.07, 6.45) is 0. The monoisotopic (exact) mass is 297 g/mol. The number of anilines is 1. The second-order valence-corrected chi connectivity index (χ2v) is 5.34. The van der Waals surface area contributed by atoms with E-state index in [2.05, 4.69) is 29.6 Å². The van der Waals surface area contributed by atoms with Crippen molar-refractivity contribution in [1.82, 2.24) is 0 Å². The lowest BCUT2D eigenvalue weighted by Crippen LogP contribution is -1.98. The highest BCUT2D eigenvalue weighted by molar-refractivity contribution is 6.30. The van der Waals surface area contributed by atoms with Gasteiger partial charge in [-0.3, -0.25) is 0 Å². The molecule has 3 aromatic carbocycles. The summed E-state index contributed by atoms with van der Waals surface area (Å²) >= 11 is 5.88. The Morgan fingerprint density at radius 2 is 1.62 bits per heavy atom. The number of halogens is 1. The standard InChI is InChI=1S/C18H16ClNO/c1-21-18-9-4-14-10-13(2-3-15(14)11-18)12-20-17-7-5-16(19)6-8-17/h2-11,20H,12H2,1H3. The summed E-state index contributed by atoms with van der Waals surface area (Å²) in [5, 5.41) is 6.54. The molecule has 0 amide bonds. The van der Waals surface area contributed by atoms with Crippen LogP contribution in [-0.2, 0) is 6.54 Å². The fraction of sp³-hybridized carbons (Fsp3) is 0.111. The van der Waals surface area contributed by atoms with Crippen LogP contribution in [0.2, 0.25) is 5.02 Å². The Hall–Kier alpha value is -2.19. The highest BCUT2D eigenvalue weighted by Gasteiger charge is 1.99. The predicted molar refractivity (Wildman–Crippen MR) is 89.3 cm³/mol. The van der Waals surface area contributed by atoms with Gasteiger partial charge in [-0.25, -0.2) is 0 Å². The van der Waals surface area contributed by atoms with Crippen LogP contribution in [0.3, 0.4) is 0 Å². The number of rotatable bonds is 4. The van der Waals surface area contributed by atoms with Crippen molar-refractivity contribution in [2.24, 2.45) is 0 Å². The summed E-state index contributed by atoms with van der Waals surface area (Å²) in [5.41, 5.74) is 2.30. The van der Waals surface area contributed by atoms with E-state index >= 15 is 0 Å². The summed E-state index contributed by atoms with van der Waals surface area (Å²) in [4.78, 5) is 0. The largest absolute Gasteiger partial charge is 0.497 e. The number of ether oxygens (including phenoxy) is 1. The summed E-state index contributed by atoms with van der Waals surface area (Å²) in [7, 11) is 1.69. The van der Waals surface area contributed by atoms with Crippen LogP contribution in [0.25, 0.3) is 10.8 Å². The van der Waals surface area contributed by atoms with Gasteiger partial charge in [-0.15, -0.1) is 0 Å². The maximum Gasteiger partial charge on any atom is 0.119 e. The number of fused-ring (bicyclic) bond motifs is 1. The van der Waals surface area contributed by atoms with Crippen molar-refractivity contribution in [2.75, 3.05) is 12.4 Å². The van der Waals surface area contributed by atoms with E-state index in [0.29, 0.717) is 0 Å². The predicted octanol–water partition coefficient (Wildman–Crippen LogP) is 5.11. The van der Waals surface area contributed by atoms with Crippen molar-refractivity contribution in [3.63, 3.8) is 0 Å². The first kappa shape index (κ1) is 13.8. The quantitative estimate of drug-likeness (QED) is 0.722. The molecule has 2 nitrogen and oxygen atoms in total. The molecule has 0 atom stereocenters. The Balaban J connectivity index is 1.76. The Morgan fingerprint density at radius 1 is 0.905 bits per heavy atom. The Kier molecular flexibility index (Phi) is 3.98. The average molecular weight is 298 g/mol. The maximum absolute atomic E-state index is 5.88. The van der Waals surface area contributed by atoms with Crippen molar-refractivity contribution in [3.8, 4) is 5.75 Å². The molecule has 0 unspecified atom stereocenters. The molecule has 0 bridgehead atoms. The molecule has 3 aromatic rings. The SMILES string of the molecule is COc1ccc2cc(CNc3ccc(Cl)cc3)ccc2c1. The van der Waals surface area contributed by atoms with Crippen LogP contribution in [0.4, 0.5) is 5.69 Å². The van der Waals surface area contributed by atoms with Gasteiger partial charge in [0.25, 0.3) is 0 Å². The molecule has 1 N–H and O–H groups in total. The molecule has 0 aromatic heterocycles. The Morgan fingerprint density at radius 3 is 2.38 bits per heavy atom. The number of hydrogen-bond donors (Lipinski definition) is 1. The summed E-state index contributed by atoms with van der Waals surface area (Å²) in [5.74, 6) is 0.884. The third-order valence-electron chi connectivity index (χ3n) is 3.45. The molecule has 0 saturated carbocycles. The summed E-state index contributed by atoms with van der Waals surface area (Å²) in [6, 6.07) is 20.3. The van der Waals surface area contributed by atoms with Crippen molar-refractivity contribution in [3.05, 3.63) is 71.2 Å². The number of methoxy groups -OCH3 is 1. The van der Waals surface area contributed by atoms with Gasteiger partial charge in [-0.05, 0) is 58.8 Å². The van der Waals surface area contributed by atoms with Crippen molar-refractivity contribution < 1.29 is 4.74 Å². The molecule has 21 heavy (non-hydrogen) atoms. The highest BCUT2D eigenvalue weighted by Crippen LogP contribution is 2.22. The average Bonchev–Trinajstić information content (AvgIpc) is 2.53. The molecule has 0 radical (unpaired) electrons. The van der Waals surface area contributed by atoms with Crippen LogP contribution in [0, 0.1) is 0 Å². The molecule has 0 fully saturated rings. The second-order valence-electron chi connectivity index (χ2n) is 4.91. The Bertz CT molecular complexity index is 753. The van der Waals surface area contributed by atoms with Crippen LogP contribution in [-0.4, -0.2) is 7.11 Å². The van der Waals surface area contributed by atoms with Gasteiger partial charge in [0, 0.05) is 17.3 Å². The third-order valence-corrected chi connectivity index (χ3v) is 3.70. The van der Waals surface area contributed by atoms with E-state index in [1.54, 1.807) is 7.11 Å². The van der Waals surface area contributed by atoms with Gasteiger partial charge >= 0.3 is 0 Å². The minimum atomic E-state index is 0.750.